The number of anilines is 2. The number of alkyl halides is 3. The third kappa shape index (κ3) is 3.23. The summed E-state index contributed by atoms with van der Waals surface area (Å²) in [6, 6.07) is 10.3. The summed E-state index contributed by atoms with van der Waals surface area (Å²) in [5.74, 6) is -2.28. The third-order valence-electron chi connectivity index (χ3n) is 3.65. The lowest BCUT2D eigenvalue weighted by Crippen LogP contribution is -2.37. The van der Waals surface area contributed by atoms with Gasteiger partial charge in [-0.2, -0.15) is 13.2 Å². The van der Waals surface area contributed by atoms with Gasteiger partial charge in [0.1, 0.15) is 6.54 Å². The number of amides is 2. The van der Waals surface area contributed by atoms with E-state index in [4.69, 9.17) is 0 Å². The highest BCUT2D eigenvalue weighted by Crippen LogP contribution is 2.31. The summed E-state index contributed by atoms with van der Waals surface area (Å²) in [4.78, 5) is 36.9. The summed E-state index contributed by atoms with van der Waals surface area (Å²) in [6.45, 7) is -0.474. The van der Waals surface area contributed by atoms with Crippen LogP contribution >= 0.6 is 0 Å². The van der Waals surface area contributed by atoms with Crippen LogP contribution in [0, 0.1) is 0 Å². The number of nitrogens with zero attached hydrogens (tertiary/aromatic N) is 1. The van der Waals surface area contributed by atoms with Gasteiger partial charge in [-0.25, -0.2) is 0 Å². The lowest BCUT2D eigenvalue weighted by Gasteiger charge is -2.16. The maximum atomic E-state index is 12.7. The second-order valence-electron chi connectivity index (χ2n) is 5.36. The molecule has 25 heavy (non-hydrogen) atoms. The molecule has 0 saturated heterocycles. The molecule has 128 valence electrons. The van der Waals surface area contributed by atoms with Gasteiger partial charge < -0.3 is 5.32 Å². The molecule has 1 heterocycles. The van der Waals surface area contributed by atoms with Crippen molar-refractivity contribution in [2.24, 2.45) is 0 Å². The number of nitrogens with one attached hydrogen (secondary N) is 1. The first-order valence-corrected chi connectivity index (χ1v) is 7.20. The monoisotopic (exact) mass is 348 g/mol. The largest absolute Gasteiger partial charge is 0.416 e. The van der Waals surface area contributed by atoms with Crippen molar-refractivity contribution in [3.8, 4) is 0 Å². The molecule has 0 bridgehead atoms. The number of fused-ring (bicyclic) bond motifs is 1. The molecule has 1 aliphatic rings. The molecular formula is C17H11F3N2O3. The minimum atomic E-state index is -4.53. The van der Waals surface area contributed by atoms with Crippen molar-refractivity contribution in [1.29, 1.82) is 0 Å². The summed E-state index contributed by atoms with van der Waals surface area (Å²) < 4.78 is 38.1. The average molecular weight is 348 g/mol. The van der Waals surface area contributed by atoms with Crippen LogP contribution in [-0.2, 0) is 15.8 Å². The van der Waals surface area contributed by atoms with E-state index in [1.54, 1.807) is 12.1 Å². The van der Waals surface area contributed by atoms with Gasteiger partial charge in [0.2, 0.25) is 5.91 Å². The Kier molecular flexibility index (Phi) is 4.03. The molecule has 1 N–H and O–H groups in total. The molecule has 0 spiro atoms. The highest BCUT2D eigenvalue weighted by Gasteiger charge is 2.36. The summed E-state index contributed by atoms with van der Waals surface area (Å²) >= 11 is 0. The molecule has 0 unspecified atom stereocenters. The van der Waals surface area contributed by atoms with Crippen LogP contribution in [0.15, 0.2) is 48.5 Å². The van der Waals surface area contributed by atoms with E-state index in [0.29, 0.717) is 5.69 Å². The highest BCUT2D eigenvalue weighted by atomic mass is 19.4. The predicted molar refractivity (Wildman–Crippen MR) is 83.2 cm³/mol. The first-order chi connectivity index (χ1) is 11.8. The fourth-order valence-electron chi connectivity index (χ4n) is 2.52. The van der Waals surface area contributed by atoms with E-state index in [9.17, 15) is 27.6 Å². The smallest absolute Gasteiger partial charge is 0.325 e. The van der Waals surface area contributed by atoms with Gasteiger partial charge in [-0.1, -0.05) is 18.2 Å². The lowest BCUT2D eigenvalue weighted by atomic mass is 10.1. The number of ketones is 1. The Bertz CT molecular complexity index is 877. The van der Waals surface area contributed by atoms with Gasteiger partial charge in [-0.3, -0.25) is 19.3 Å². The molecular weight excluding hydrogens is 337 g/mol. The Morgan fingerprint density at radius 3 is 2.48 bits per heavy atom. The summed E-state index contributed by atoms with van der Waals surface area (Å²) in [5, 5.41) is 2.30. The van der Waals surface area contributed by atoms with Crippen molar-refractivity contribution in [1.82, 2.24) is 0 Å². The standard InChI is InChI=1S/C17H11F3N2O3/c18-17(19,20)10-4-3-5-11(8-10)21-14(23)9-22-13-7-2-1-6-12(13)15(24)16(22)25/h1-8H,9H2,(H,21,23). The van der Waals surface area contributed by atoms with Crippen molar-refractivity contribution in [3.63, 3.8) is 0 Å². The first kappa shape index (κ1) is 16.7. The normalized spacial score (nSPS) is 13.8. The van der Waals surface area contributed by atoms with E-state index in [1.165, 1.54) is 18.2 Å². The van der Waals surface area contributed by atoms with E-state index in [2.05, 4.69) is 5.32 Å². The van der Waals surface area contributed by atoms with Gasteiger partial charge in [0.15, 0.2) is 0 Å². The lowest BCUT2D eigenvalue weighted by molar-refractivity contribution is -0.137. The molecule has 2 aromatic rings. The molecule has 2 aromatic carbocycles. The summed E-state index contributed by atoms with van der Waals surface area (Å²) in [6.07, 6.45) is -4.53. The van der Waals surface area contributed by atoms with Crippen LogP contribution in [0.1, 0.15) is 15.9 Å². The van der Waals surface area contributed by atoms with Gasteiger partial charge in [-0.05, 0) is 30.3 Å². The van der Waals surface area contributed by atoms with Crippen LogP contribution in [0.25, 0.3) is 0 Å². The first-order valence-electron chi connectivity index (χ1n) is 7.20. The number of Topliss-reactive ketones (excluding diaryl/α,β-unsaturated/α-hetero) is 1. The van der Waals surface area contributed by atoms with Crippen molar-refractivity contribution in [2.45, 2.75) is 6.18 Å². The zero-order chi connectivity index (χ0) is 18.2. The average Bonchev–Trinajstić information content (AvgIpc) is 2.80. The number of para-hydroxylation sites is 1. The van der Waals surface area contributed by atoms with Gasteiger partial charge in [-0.15, -0.1) is 0 Å². The number of carbonyl (C=O) groups is 3. The Labute approximate surface area is 140 Å². The van der Waals surface area contributed by atoms with Gasteiger partial charge >= 0.3 is 6.18 Å². The quantitative estimate of drug-likeness (QED) is 0.868. The van der Waals surface area contributed by atoms with Gasteiger partial charge in [0.05, 0.1) is 16.8 Å². The topological polar surface area (TPSA) is 66.5 Å². The zero-order valence-corrected chi connectivity index (χ0v) is 12.6. The fraction of sp³-hybridized carbons (Fsp3) is 0.118. The van der Waals surface area contributed by atoms with Crippen molar-refractivity contribution < 1.29 is 27.6 Å². The van der Waals surface area contributed by atoms with Crippen LogP contribution in [0.3, 0.4) is 0 Å². The number of benzene rings is 2. The molecule has 0 fully saturated rings. The zero-order valence-electron chi connectivity index (χ0n) is 12.6. The van der Waals surface area contributed by atoms with Crippen LogP contribution < -0.4 is 10.2 Å². The van der Waals surface area contributed by atoms with E-state index in [-0.39, 0.29) is 11.3 Å². The van der Waals surface area contributed by atoms with E-state index in [0.717, 1.165) is 23.1 Å². The number of halogens is 3. The third-order valence-corrected chi connectivity index (χ3v) is 3.65. The summed E-state index contributed by atoms with van der Waals surface area (Å²) in [7, 11) is 0. The van der Waals surface area contributed by atoms with E-state index < -0.39 is 35.9 Å². The maximum Gasteiger partial charge on any atom is 0.416 e. The Hall–Kier alpha value is -3.16. The molecule has 0 atom stereocenters. The van der Waals surface area contributed by atoms with Crippen LogP contribution in [-0.4, -0.2) is 24.1 Å². The molecule has 8 heteroatoms. The van der Waals surface area contributed by atoms with Gasteiger partial charge in [0, 0.05) is 5.69 Å². The molecule has 2 amide bonds. The molecule has 0 aromatic heterocycles. The number of hydrogen-bond acceptors (Lipinski definition) is 3. The molecule has 1 aliphatic heterocycles. The van der Waals surface area contributed by atoms with Crippen LogP contribution in [0.2, 0.25) is 0 Å². The Balaban J connectivity index is 1.76. The molecule has 0 saturated carbocycles. The summed E-state index contributed by atoms with van der Waals surface area (Å²) in [5.41, 5.74) is -0.454. The minimum absolute atomic E-state index is 0.0499. The molecule has 3 rings (SSSR count). The Morgan fingerprint density at radius 2 is 1.76 bits per heavy atom. The van der Waals surface area contributed by atoms with Crippen molar-refractivity contribution >= 4 is 29.0 Å². The number of carbonyl (C=O) groups excluding carboxylic acids is 3. The minimum Gasteiger partial charge on any atom is -0.325 e. The Morgan fingerprint density at radius 1 is 1.04 bits per heavy atom. The maximum absolute atomic E-state index is 12.7. The molecule has 0 radical (unpaired) electrons. The predicted octanol–water partition coefficient (Wildman–Crippen LogP) is 2.87. The van der Waals surface area contributed by atoms with E-state index >= 15 is 0 Å². The molecule has 0 aliphatic carbocycles. The number of rotatable bonds is 3. The van der Waals surface area contributed by atoms with E-state index in [1.807, 2.05) is 0 Å². The second-order valence-corrected chi connectivity index (χ2v) is 5.36. The highest BCUT2D eigenvalue weighted by molar-refractivity contribution is 6.52. The number of hydrogen-bond donors (Lipinski definition) is 1. The van der Waals surface area contributed by atoms with Crippen molar-refractivity contribution in [2.75, 3.05) is 16.8 Å². The van der Waals surface area contributed by atoms with Crippen LogP contribution in [0.4, 0.5) is 24.5 Å². The fourth-order valence-corrected chi connectivity index (χ4v) is 2.52. The van der Waals surface area contributed by atoms with Gasteiger partial charge in [0.25, 0.3) is 11.7 Å². The SMILES string of the molecule is O=C(CN1C(=O)C(=O)c2ccccc21)Nc1cccc(C(F)(F)F)c1. The second kappa shape index (κ2) is 6.04. The van der Waals surface area contributed by atoms with Crippen molar-refractivity contribution in [3.05, 3.63) is 59.7 Å². The van der Waals surface area contributed by atoms with Crippen LogP contribution in [0.5, 0.6) is 0 Å². The molecule has 5 nitrogen and oxygen atoms in total.